The molecule has 7 heteroatoms. The van der Waals surface area contributed by atoms with E-state index in [9.17, 15) is 13.2 Å². The lowest BCUT2D eigenvalue weighted by atomic mass is 10.1. The maximum absolute atomic E-state index is 13.6. The van der Waals surface area contributed by atoms with Crippen molar-refractivity contribution in [2.45, 2.75) is 56.6 Å². The van der Waals surface area contributed by atoms with Crippen molar-refractivity contribution in [3.63, 3.8) is 0 Å². The van der Waals surface area contributed by atoms with Crippen molar-refractivity contribution in [2.75, 3.05) is 0 Å². The van der Waals surface area contributed by atoms with E-state index in [2.05, 4.69) is 9.71 Å². The minimum absolute atomic E-state index is 0.0301. The van der Waals surface area contributed by atoms with E-state index in [1.807, 2.05) is 43.3 Å². The number of hydrogen-bond acceptors (Lipinski definition) is 4. The summed E-state index contributed by atoms with van der Waals surface area (Å²) in [6.45, 7) is 2.81. The first-order valence-corrected chi connectivity index (χ1v) is 12.8. The molecular formula is C26H29N3O3S. The first-order valence-electron chi connectivity index (χ1n) is 11.3. The number of benzene rings is 2. The highest BCUT2D eigenvalue weighted by atomic mass is 32.2. The Morgan fingerprint density at radius 3 is 2.55 bits per heavy atom. The van der Waals surface area contributed by atoms with Crippen LogP contribution in [0.25, 0.3) is 0 Å². The summed E-state index contributed by atoms with van der Waals surface area (Å²) in [6, 6.07) is 18.0. The van der Waals surface area contributed by atoms with Gasteiger partial charge in [0, 0.05) is 37.1 Å². The van der Waals surface area contributed by atoms with Crippen LogP contribution >= 0.6 is 0 Å². The van der Waals surface area contributed by atoms with Crippen LogP contribution in [-0.2, 0) is 23.1 Å². The van der Waals surface area contributed by atoms with E-state index >= 15 is 0 Å². The van der Waals surface area contributed by atoms with E-state index < -0.39 is 10.0 Å². The van der Waals surface area contributed by atoms with Crippen LogP contribution in [0.15, 0.2) is 78.0 Å². The van der Waals surface area contributed by atoms with Crippen LogP contribution in [0.1, 0.15) is 52.7 Å². The highest BCUT2D eigenvalue weighted by Crippen LogP contribution is 2.22. The molecule has 0 spiro atoms. The predicted octanol–water partition coefficient (Wildman–Crippen LogP) is 4.45. The SMILES string of the molecule is Cc1ccccc1CN(Cc1cccnc1)C(=O)c1cccc(S(=O)(=O)NC2CCCC2)c1. The molecule has 3 aromatic rings. The topological polar surface area (TPSA) is 79.4 Å². The zero-order chi connectivity index (χ0) is 23.3. The molecule has 1 N–H and O–H groups in total. The predicted molar refractivity (Wildman–Crippen MR) is 128 cm³/mol. The van der Waals surface area contributed by atoms with Crippen LogP contribution in [0.4, 0.5) is 0 Å². The Balaban J connectivity index is 1.61. The molecule has 1 saturated carbocycles. The highest BCUT2D eigenvalue weighted by molar-refractivity contribution is 7.89. The van der Waals surface area contributed by atoms with Gasteiger partial charge in [-0.1, -0.05) is 49.2 Å². The number of aryl methyl sites for hydroxylation is 1. The Kier molecular flexibility index (Phi) is 7.20. The van der Waals surface area contributed by atoms with Gasteiger partial charge in [-0.2, -0.15) is 0 Å². The van der Waals surface area contributed by atoms with Crippen LogP contribution < -0.4 is 4.72 Å². The summed E-state index contributed by atoms with van der Waals surface area (Å²) in [4.78, 5) is 19.6. The van der Waals surface area contributed by atoms with Crippen molar-refractivity contribution < 1.29 is 13.2 Å². The molecule has 33 heavy (non-hydrogen) atoms. The summed E-state index contributed by atoms with van der Waals surface area (Å²) in [7, 11) is -3.68. The van der Waals surface area contributed by atoms with Gasteiger partial charge in [-0.3, -0.25) is 9.78 Å². The third kappa shape index (κ3) is 5.86. The molecule has 1 heterocycles. The minimum atomic E-state index is -3.68. The highest BCUT2D eigenvalue weighted by Gasteiger charge is 2.25. The van der Waals surface area contributed by atoms with Crippen LogP contribution in [0.5, 0.6) is 0 Å². The number of hydrogen-bond donors (Lipinski definition) is 1. The molecule has 6 nitrogen and oxygen atoms in total. The van der Waals surface area contributed by atoms with Crippen molar-refractivity contribution in [1.82, 2.24) is 14.6 Å². The molecular weight excluding hydrogens is 434 g/mol. The molecule has 0 saturated heterocycles. The number of pyridine rings is 1. The van der Waals surface area contributed by atoms with Crippen molar-refractivity contribution in [3.05, 3.63) is 95.3 Å². The number of nitrogens with one attached hydrogen (secondary N) is 1. The van der Waals surface area contributed by atoms with Crippen LogP contribution in [0, 0.1) is 6.92 Å². The standard InChI is InChI=1S/C26H29N3O3S/c1-20-8-2-3-10-23(20)19-29(18-21-9-7-15-27-17-21)26(30)22-11-6-14-25(16-22)33(31,32)28-24-12-4-5-13-24/h2-3,6-11,14-17,24,28H,4-5,12-13,18-19H2,1H3. The van der Waals surface area contributed by atoms with Crippen molar-refractivity contribution in [3.8, 4) is 0 Å². The molecule has 1 fully saturated rings. The van der Waals surface area contributed by atoms with Crippen LogP contribution in [-0.4, -0.2) is 30.3 Å². The Bertz CT molecular complexity index is 1210. The van der Waals surface area contributed by atoms with Crippen molar-refractivity contribution in [1.29, 1.82) is 0 Å². The van der Waals surface area contributed by atoms with E-state index in [-0.39, 0.29) is 16.8 Å². The molecule has 0 radical (unpaired) electrons. The van der Waals surface area contributed by atoms with E-state index in [1.165, 1.54) is 6.07 Å². The average molecular weight is 464 g/mol. The van der Waals surface area contributed by atoms with Gasteiger partial charge in [0.05, 0.1) is 4.90 Å². The lowest BCUT2D eigenvalue weighted by Gasteiger charge is -2.24. The number of carbonyl (C=O) groups is 1. The second-order valence-electron chi connectivity index (χ2n) is 8.58. The molecule has 1 aliphatic carbocycles. The number of amides is 1. The van der Waals surface area contributed by atoms with Crippen LogP contribution in [0.3, 0.4) is 0 Å². The molecule has 1 amide bonds. The number of rotatable bonds is 8. The Morgan fingerprint density at radius 1 is 1.03 bits per heavy atom. The first-order chi connectivity index (χ1) is 15.9. The third-order valence-corrected chi connectivity index (χ3v) is 7.59. The first kappa shape index (κ1) is 23.1. The summed E-state index contributed by atoms with van der Waals surface area (Å²) in [5.74, 6) is -0.222. The fraction of sp³-hybridized carbons (Fsp3) is 0.308. The maximum Gasteiger partial charge on any atom is 0.254 e. The Hall–Kier alpha value is -3.03. The quantitative estimate of drug-likeness (QED) is 0.535. The number of nitrogens with zero attached hydrogens (tertiary/aromatic N) is 2. The Labute approximate surface area is 195 Å². The van der Waals surface area contributed by atoms with Crippen molar-refractivity contribution in [2.24, 2.45) is 0 Å². The largest absolute Gasteiger partial charge is 0.330 e. The number of sulfonamides is 1. The average Bonchev–Trinajstić information content (AvgIpc) is 3.33. The molecule has 172 valence electrons. The van der Waals surface area contributed by atoms with Gasteiger partial charge in [-0.25, -0.2) is 13.1 Å². The van der Waals surface area contributed by atoms with Gasteiger partial charge < -0.3 is 4.90 Å². The molecule has 0 bridgehead atoms. The smallest absolute Gasteiger partial charge is 0.254 e. The third-order valence-electron chi connectivity index (χ3n) is 6.07. The van der Waals surface area contributed by atoms with Gasteiger partial charge in [-0.15, -0.1) is 0 Å². The van der Waals surface area contributed by atoms with Gasteiger partial charge in [0.15, 0.2) is 0 Å². The number of aromatic nitrogens is 1. The van der Waals surface area contributed by atoms with E-state index in [4.69, 9.17) is 0 Å². The molecule has 2 aromatic carbocycles. The monoisotopic (exact) mass is 463 g/mol. The summed E-state index contributed by atoms with van der Waals surface area (Å²) in [5.41, 5.74) is 3.40. The van der Waals surface area contributed by atoms with Crippen molar-refractivity contribution >= 4 is 15.9 Å². The summed E-state index contributed by atoms with van der Waals surface area (Å²) >= 11 is 0. The fourth-order valence-electron chi connectivity index (χ4n) is 4.21. The summed E-state index contributed by atoms with van der Waals surface area (Å²) in [5, 5.41) is 0. The van der Waals surface area contributed by atoms with Gasteiger partial charge >= 0.3 is 0 Å². The van der Waals surface area contributed by atoms with E-state index in [0.29, 0.717) is 18.7 Å². The van der Waals surface area contributed by atoms with E-state index in [1.54, 1.807) is 35.5 Å². The van der Waals surface area contributed by atoms with E-state index in [0.717, 1.165) is 42.4 Å². The summed E-state index contributed by atoms with van der Waals surface area (Å²) < 4.78 is 28.6. The van der Waals surface area contributed by atoms with Gasteiger partial charge in [-0.05, 0) is 60.7 Å². The zero-order valence-electron chi connectivity index (χ0n) is 18.8. The minimum Gasteiger partial charge on any atom is -0.330 e. The molecule has 0 unspecified atom stereocenters. The molecule has 1 aliphatic rings. The van der Waals surface area contributed by atoms with Crippen LogP contribution in [0.2, 0.25) is 0 Å². The zero-order valence-corrected chi connectivity index (χ0v) is 19.6. The maximum atomic E-state index is 13.6. The molecule has 0 aliphatic heterocycles. The fourth-order valence-corrected chi connectivity index (χ4v) is 5.57. The second-order valence-corrected chi connectivity index (χ2v) is 10.3. The van der Waals surface area contributed by atoms with Gasteiger partial charge in [0.25, 0.3) is 5.91 Å². The van der Waals surface area contributed by atoms with Gasteiger partial charge in [0.2, 0.25) is 10.0 Å². The lowest BCUT2D eigenvalue weighted by molar-refractivity contribution is 0.0729. The number of carbonyl (C=O) groups excluding carboxylic acids is 1. The second kappa shape index (κ2) is 10.3. The Morgan fingerprint density at radius 2 is 1.82 bits per heavy atom. The normalized spacial score (nSPS) is 14.3. The molecule has 1 aromatic heterocycles. The summed E-state index contributed by atoms with van der Waals surface area (Å²) in [6.07, 6.45) is 7.22. The lowest BCUT2D eigenvalue weighted by Crippen LogP contribution is -2.33. The van der Waals surface area contributed by atoms with Gasteiger partial charge in [0.1, 0.15) is 0 Å². The molecule has 0 atom stereocenters. The molecule has 4 rings (SSSR count).